The third-order valence-electron chi connectivity index (χ3n) is 4.69. The standard InChI is InChI=1S/C21H24O8S/c1-21(20(22)23)27-13-17(14-28-21)16-5-9-18(10-6-16)26-12-11-15-3-7-19(8-4-15)29-30(2,24)25/h3-10,17H,11-14H2,1-2H3,(H,22,23)/t17-,21+. The topological polar surface area (TPSA) is 108 Å². The smallest absolute Gasteiger partial charge is 0.364 e. The van der Waals surface area contributed by atoms with Gasteiger partial charge < -0.3 is 23.5 Å². The molecule has 0 atom stereocenters. The molecule has 3 rings (SSSR count). The maximum absolute atomic E-state index is 11.1. The zero-order chi connectivity index (χ0) is 21.8. The molecule has 2 aromatic carbocycles. The third kappa shape index (κ3) is 5.94. The first-order valence-electron chi connectivity index (χ1n) is 9.37. The van der Waals surface area contributed by atoms with Crippen LogP contribution in [0, 0.1) is 0 Å². The molecular weight excluding hydrogens is 412 g/mol. The van der Waals surface area contributed by atoms with Gasteiger partial charge in [-0.25, -0.2) is 4.79 Å². The first-order chi connectivity index (χ1) is 14.1. The van der Waals surface area contributed by atoms with Gasteiger partial charge in [0.2, 0.25) is 0 Å². The average Bonchev–Trinajstić information content (AvgIpc) is 2.69. The Balaban J connectivity index is 1.47. The highest BCUT2D eigenvalue weighted by Gasteiger charge is 2.40. The third-order valence-corrected chi connectivity index (χ3v) is 5.19. The Labute approximate surface area is 175 Å². The van der Waals surface area contributed by atoms with E-state index in [4.69, 9.17) is 23.5 Å². The molecule has 9 heteroatoms. The molecule has 1 fully saturated rings. The summed E-state index contributed by atoms with van der Waals surface area (Å²) in [6.45, 7) is 2.39. The average molecular weight is 436 g/mol. The van der Waals surface area contributed by atoms with Crippen molar-refractivity contribution in [3.05, 3.63) is 59.7 Å². The summed E-state index contributed by atoms with van der Waals surface area (Å²) in [6, 6.07) is 14.3. The van der Waals surface area contributed by atoms with Crippen molar-refractivity contribution in [2.45, 2.75) is 25.0 Å². The van der Waals surface area contributed by atoms with Crippen LogP contribution in [0.2, 0.25) is 0 Å². The van der Waals surface area contributed by atoms with Crippen molar-refractivity contribution >= 4 is 16.1 Å². The van der Waals surface area contributed by atoms with Crippen LogP contribution in [0.1, 0.15) is 24.0 Å². The molecule has 0 unspecified atom stereocenters. The summed E-state index contributed by atoms with van der Waals surface area (Å²) in [7, 11) is -3.53. The molecule has 1 N–H and O–H groups in total. The van der Waals surface area contributed by atoms with Crippen LogP contribution >= 0.6 is 0 Å². The fraction of sp³-hybridized carbons (Fsp3) is 0.381. The Bertz CT molecular complexity index is 959. The molecule has 0 spiro atoms. The Morgan fingerprint density at radius 2 is 1.63 bits per heavy atom. The van der Waals surface area contributed by atoms with E-state index in [1.807, 2.05) is 24.3 Å². The number of hydrogen-bond donors (Lipinski definition) is 1. The van der Waals surface area contributed by atoms with E-state index in [2.05, 4.69) is 0 Å². The molecule has 8 nitrogen and oxygen atoms in total. The van der Waals surface area contributed by atoms with Crippen LogP contribution < -0.4 is 8.92 Å². The van der Waals surface area contributed by atoms with E-state index >= 15 is 0 Å². The quantitative estimate of drug-likeness (QED) is 0.629. The number of hydrogen-bond acceptors (Lipinski definition) is 7. The fourth-order valence-corrected chi connectivity index (χ4v) is 3.40. The van der Waals surface area contributed by atoms with Crippen molar-refractivity contribution in [3.8, 4) is 11.5 Å². The minimum absolute atomic E-state index is 0.0425. The number of carboxylic acids is 1. The summed E-state index contributed by atoms with van der Waals surface area (Å²) in [6.07, 6.45) is 1.65. The van der Waals surface area contributed by atoms with Crippen LogP contribution in [0.3, 0.4) is 0 Å². The Hall–Kier alpha value is -2.62. The molecule has 0 saturated carbocycles. The van der Waals surface area contributed by atoms with Crippen molar-refractivity contribution in [2.75, 3.05) is 26.1 Å². The van der Waals surface area contributed by atoms with Crippen molar-refractivity contribution < 1.29 is 36.7 Å². The molecule has 1 saturated heterocycles. The Morgan fingerprint density at radius 1 is 1.07 bits per heavy atom. The van der Waals surface area contributed by atoms with Gasteiger partial charge in [0, 0.05) is 19.3 Å². The fourth-order valence-electron chi connectivity index (χ4n) is 2.93. The van der Waals surface area contributed by atoms with Crippen molar-refractivity contribution in [1.29, 1.82) is 0 Å². The van der Waals surface area contributed by atoms with Crippen LogP contribution in [0.25, 0.3) is 0 Å². The molecule has 162 valence electrons. The first kappa shape index (κ1) is 22.1. The van der Waals surface area contributed by atoms with E-state index in [1.54, 1.807) is 24.3 Å². The summed E-state index contributed by atoms with van der Waals surface area (Å²) in [4.78, 5) is 11.1. The molecule has 0 aliphatic carbocycles. The maximum Gasteiger partial charge on any atom is 0.364 e. The van der Waals surface area contributed by atoms with E-state index in [9.17, 15) is 13.2 Å². The lowest BCUT2D eigenvalue weighted by Gasteiger charge is -2.34. The maximum atomic E-state index is 11.1. The zero-order valence-corrected chi connectivity index (χ0v) is 17.6. The number of aliphatic carboxylic acids is 1. The monoisotopic (exact) mass is 436 g/mol. The van der Waals surface area contributed by atoms with Gasteiger partial charge in [-0.15, -0.1) is 0 Å². The van der Waals surface area contributed by atoms with Gasteiger partial charge in [0.15, 0.2) is 0 Å². The lowest BCUT2D eigenvalue weighted by atomic mass is 9.99. The first-order valence-corrected chi connectivity index (χ1v) is 11.2. The van der Waals surface area contributed by atoms with E-state index in [0.29, 0.717) is 18.8 Å². The lowest BCUT2D eigenvalue weighted by molar-refractivity contribution is -0.262. The van der Waals surface area contributed by atoms with Crippen molar-refractivity contribution in [1.82, 2.24) is 0 Å². The van der Waals surface area contributed by atoms with Crippen molar-refractivity contribution in [3.63, 3.8) is 0 Å². The van der Waals surface area contributed by atoms with Crippen LogP contribution in [0.4, 0.5) is 0 Å². The molecular formula is C21H24O8S. The molecule has 30 heavy (non-hydrogen) atoms. The molecule has 0 aromatic heterocycles. The molecule has 1 heterocycles. The van der Waals surface area contributed by atoms with Gasteiger partial charge in [0.1, 0.15) is 11.5 Å². The molecule has 0 amide bonds. The van der Waals surface area contributed by atoms with Crippen molar-refractivity contribution in [2.24, 2.45) is 0 Å². The SMILES string of the molecule is CS(=O)(=O)Oc1ccc(CCOc2ccc([C@H]3CO[C@@](C)(C(=O)O)OC3)cc2)cc1. The van der Waals surface area contributed by atoms with Gasteiger partial charge >= 0.3 is 16.1 Å². The summed E-state index contributed by atoms with van der Waals surface area (Å²) in [5.41, 5.74) is 1.97. The summed E-state index contributed by atoms with van der Waals surface area (Å²) in [5, 5.41) is 9.12. The van der Waals surface area contributed by atoms with E-state index in [-0.39, 0.29) is 24.9 Å². The van der Waals surface area contributed by atoms with Gasteiger partial charge in [-0.05, 0) is 35.4 Å². The highest BCUT2D eigenvalue weighted by molar-refractivity contribution is 7.86. The minimum atomic E-state index is -3.53. The second-order valence-electron chi connectivity index (χ2n) is 7.17. The summed E-state index contributed by atoms with van der Waals surface area (Å²) < 4.78 is 43.6. The predicted molar refractivity (Wildman–Crippen MR) is 108 cm³/mol. The number of benzene rings is 2. The van der Waals surface area contributed by atoms with E-state index in [1.165, 1.54) is 6.92 Å². The molecule has 0 bridgehead atoms. The van der Waals surface area contributed by atoms with Crippen LogP contribution in [-0.2, 0) is 30.8 Å². The predicted octanol–water partition coefficient (Wildman–Crippen LogP) is 2.58. The normalized spacial score (nSPS) is 21.7. The van der Waals surface area contributed by atoms with Gasteiger partial charge in [0.05, 0.1) is 26.1 Å². The molecule has 0 radical (unpaired) electrons. The summed E-state index contributed by atoms with van der Waals surface area (Å²) in [5.74, 6) is -1.78. The molecule has 1 aliphatic heterocycles. The second kappa shape index (κ2) is 9.03. The van der Waals surface area contributed by atoms with Gasteiger partial charge in [-0.1, -0.05) is 24.3 Å². The van der Waals surface area contributed by atoms with E-state index in [0.717, 1.165) is 17.4 Å². The van der Waals surface area contributed by atoms with Gasteiger partial charge in [0.25, 0.3) is 5.79 Å². The van der Waals surface area contributed by atoms with Crippen LogP contribution in [0.15, 0.2) is 48.5 Å². The van der Waals surface area contributed by atoms with Gasteiger partial charge in [-0.3, -0.25) is 0 Å². The zero-order valence-electron chi connectivity index (χ0n) is 16.7. The largest absolute Gasteiger partial charge is 0.493 e. The van der Waals surface area contributed by atoms with Gasteiger partial charge in [-0.2, -0.15) is 8.42 Å². The Kier molecular flexibility index (Phi) is 6.64. The molecule has 1 aliphatic rings. The number of carboxylic acid groups (broad SMARTS) is 1. The minimum Gasteiger partial charge on any atom is -0.493 e. The number of carbonyl (C=O) groups is 1. The highest BCUT2D eigenvalue weighted by atomic mass is 32.2. The number of rotatable bonds is 8. The number of ether oxygens (including phenoxy) is 3. The Morgan fingerprint density at radius 3 is 2.17 bits per heavy atom. The molecule has 2 aromatic rings. The highest BCUT2D eigenvalue weighted by Crippen LogP contribution is 2.29. The second-order valence-corrected chi connectivity index (χ2v) is 8.74. The lowest BCUT2D eigenvalue weighted by Crippen LogP contribution is -2.47. The van der Waals surface area contributed by atoms with E-state index < -0.39 is 21.9 Å². The summed E-state index contributed by atoms with van der Waals surface area (Å²) >= 11 is 0. The van der Waals surface area contributed by atoms with Crippen LogP contribution in [-0.4, -0.2) is 51.4 Å². The van der Waals surface area contributed by atoms with Crippen LogP contribution in [0.5, 0.6) is 11.5 Å².